The second kappa shape index (κ2) is 8.44. The maximum atomic E-state index is 12.3. The number of nitrogens with one attached hydrogen (secondary N) is 3. The lowest BCUT2D eigenvalue weighted by molar-refractivity contribution is -0.384. The van der Waals surface area contributed by atoms with E-state index in [2.05, 4.69) is 31.1 Å². The van der Waals surface area contributed by atoms with Gasteiger partial charge in [0.05, 0.1) is 15.5 Å². The van der Waals surface area contributed by atoms with Crippen LogP contribution in [-0.4, -0.2) is 30.7 Å². The van der Waals surface area contributed by atoms with Gasteiger partial charge in [-0.25, -0.2) is 15.0 Å². The summed E-state index contributed by atoms with van der Waals surface area (Å²) in [6.45, 7) is 3.67. The number of aromatic nitrogens is 3. The Labute approximate surface area is 172 Å². The van der Waals surface area contributed by atoms with Gasteiger partial charge in [-0.3, -0.25) is 35.9 Å². The molecule has 0 atom stereocenters. The average Bonchev–Trinajstić information content (AvgIpc) is 3.02. The van der Waals surface area contributed by atoms with Crippen molar-refractivity contribution in [1.29, 1.82) is 0 Å². The van der Waals surface area contributed by atoms with Crippen molar-refractivity contribution in [1.82, 2.24) is 20.4 Å². The van der Waals surface area contributed by atoms with Gasteiger partial charge in [0, 0.05) is 22.6 Å². The molecule has 1 amide bonds. The zero-order chi connectivity index (χ0) is 21.8. The molecule has 13 nitrogen and oxygen atoms in total. The van der Waals surface area contributed by atoms with Crippen LogP contribution in [-0.2, 0) is 0 Å². The first-order valence-electron chi connectivity index (χ1n) is 8.27. The van der Waals surface area contributed by atoms with Crippen molar-refractivity contribution in [2.75, 3.05) is 10.7 Å². The van der Waals surface area contributed by atoms with Gasteiger partial charge in [0.1, 0.15) is 6.33 Å². The molecule has 2 aromatic heterocycles. The third-order valence-electron chi connectivity index (χ3n) is 3.87. The first-order valence-corrected chi connectivity index (χ1v) is 9.09. The summed E-state index contributed by atoms with van der Waals surface area (Å²) in [6, 6.07) is 5.02. The molecule has 0 unspecified atom stereocenters. The smallest absolute Gasteiger partial charge is 0.310 e. The Morgan fingerprint density at radius 1 is 1.10 bits per heavy atom. The van der Waals surface area contributed by atoms with E-state index >= 15 is 0 Å². The van der Waals surface area contributed by atoms with Gasteiger partial charge in [-0.2, -0.15) is 0 Å². The molecule has 0 saturated heterocycles. The van der Waals surface area contributed by atoms with Gasteiger partial charge in [0.25, 0.3) is 11.6 Å². The maximum absolute atomic E-state index is 12.3. The highest BCUT2D eigenvalue weighted by atomic mass is 32.1. The van der Waals surface area contributed by atoms with Gasteiger partial charge in [0.15, 0.2) is 5.13 Å². The van der Waals surface area contributed by atoms with Gasteiger partial charge in [-0.05, 0) is 19.9 Å². The third-order valence-corrected chi connectivity index (χ3v) is 4.86. The van der Waals surface area contributed by atoms with E-state index < -0.39 is 21.4 Å². The molecule has 0 bridgehead atoms. The Kier molecular flexibility index (Phi) is 5.78. The molecule has 3 N–H and O–H groups in total. The van der Waals surface area contributed by atoms with Gasteiger partial charge in [-0.1, -0.05) is 6.07 Å². The zero-order valence-electron chi connectivity index (χ0n) is 15.6. The minimum absolute atomic E-state index is 0.0134. The van der Waals surface area contributed by atoms with Crippen LogP contribution in [0.2, 0.25) is 0 Å². The number of carbonyl (C=O) groups excluding carboxylic acids is 1. The molecular formula is C16H14N8O5S. The number of nitro groups is 2. The molecule has 30 heavy (non-hydrogen) atoms. The molecule has 3 rings (SSSR count). The summed E-state index contributed by atoms with van der Waals surface area (Å²) in [5.41, 5.74) is 4.59. The van der Waals surface area contributed by atoms with Gasteiger partial charge in [0.2, 0.25) is 11.6 Å². The van der Waals surface area contributed by atoms with E-state index in [9.17, 15) is 25.0 Å². The van der Waals surface area contributed by atoms with Gasteiger partial charge in [-0.15, -0.1) is 11.3 Å². The van der Waals surface area contributed by atoms with Crippen molar-refractivity contribution in [2.24, 2.45) is 0 Å². The van der Waals surface area contributed by atoms with E-state index in [0.29, 0.717) is 5.13 Å². The molecule has 0 aliphatic carbocycles. The zero-order valence-corrected chi connectivity index (χ0v) is 16.4. The number of nitro benzene ring substituents is 1. The highest BCUT2D eigenvalue weighted by Gasteiger charge is 2.24. The highest BCUT2D eigenvalue weighted by molar-refractivity contribution is 7.15. The number of hydrogen-bond acceptors (Lipinski definition) is 11. The molecule has 14 heteroatoms. The number of nitrogens with zero attached hydrogens (tertiary/aromatic N) is 5. The maximum Gasteiger partial charge on any atom is 0.355 e. The van der Waals surface area contributed by atoms with Crippen molar-refractivity contribution in [3.05, 3.63) is 67.0 Å². The molecule has 154 valence electrons. The van der Waals surface area contributed by atoms with E-state index in [0.717, 1.165) is 23.0 Å². The molecule has 0 saturated carbocycles. The minimum atomic E-state index is -0.743. The highest BCUT2D eigenvalue weighted by Crippen LogP contribution is 2.32. The number of benzene rings is 1. The van der Waals surface area contributed by atoms with Crippen LogP contribution in [0.3, 0.4) is 0 Å². The molecule has 3 aromatic rings. The van der Waals surface area contributed by atoms with Crippen LogP contribution in [0.25, 0.3) is 0 Å². The third kappa shape index (κ3) is 4.44. The first kappa shape index (κ1) is 20.5. The van der Waals surface area contributed by atoms with Gasteiger partial charge < -0.3 is 5.32 Å². The lowest BCUT2D eigenvalue weighted by atomic mass is 10.2. The van der Waals surface area contributed by atoms with Crippen LogP contribution in [0.5, 0.6) is 0 Å². The van der Waals surface area contributed by atoms with Gasteiger partial charge >= 0.3 is 5.69 Å². The fourth-order valence-electron chi connectivity index (χ4n) is 2.31. The topological polar surface area (TPSA) is 178 Å². The average molecular weight is 430 g/mol. The molecule has 0 fully saturated rings. The standard InChI is InChI=1S/C16H14N8O5S/c1-8-9(2)30-16(19-8)20-13-12(24(28)29)14(18-7-17-13)21-22-15(25)10-4-3-5-11(6-10)23(26)27/h3-7H,1-2H3,(H,22,25)(H2,17,18,19,20,21). The monoisotopic (exact) mass is 430 g/mol. The second-order valence-corrected chi connectivity index (χ2v) is 7.05. The predicted molar refractivity (Wildman–Crippen MR) is 108 cm³/mol. The van der Waals surface area contributed by atoms with Crippen LogP contribution in [0.1, 0.15) is 20.9 Å². The van der Waals surface area contributed by atoms with Crippen LogP contribution >= 0.6 is 11.3 Å². The summed E-state index contributed by atoms with van der Waals surface area (Å²) in [5.74, 6) is -1.13. The summed E-state index contributed by atoms with van der Waals surface area (Å²) >= 11 is 1.30. The molecule has 0 radical (unpaired) electrons. The number of anilines is 3. The van der Waals surface area contributed by atoms with Crippen LogP contribution in [0.4, 0.5) is 28.1 Å². The lowest BCUT2D eigenvalue weighted by Crippen LogP contribution is -2.30. The van der Waals surface area contributed by atoms with Crippen LogP contribution in [0, 0.1) is 34.1 Å². The Balaban J connectivity index is 1.82. The van der Waals surface area contributed by atoms with Crippen molar-refractivity contribution in [2.45, 2.75) is 13.8 Å². The van der Waals surface area contributed by atoms with Crippen LogP contribution < -0.4 is 16.2 Å². The van der Waals surface area contributed by atoms with Crippen molar-refractivity contribution >= 4 is 45.4 Å². The number of hydrazine groups is 1. The molecule has 1 aromatic carbocycles. The Morgan fingerprint density at radius 2 is 1.83 bits per heavy atom. The Hall–Kier alpha value is -4.20. The van der Waals surface area contributed by atoms with Crippen molar-refractivity contribution in [3.63, 3.8) is 0 Å². The SMILES string of the molecule is Cc1nc(Nc2ncnc(NNC(=O)c3cccc([N+](=O)[O-])c3)c2[N+](=O)[O-])sc1C. The van der Waals surface area contributed by atoms with E-state index in [1.807, 2.05) is 13.8 Å². The molecule has 0 aliphatic heterocycles. The largest absolute Gasteiger partial charge is 0.355 e. The van der Waals surface area contributed by atoms with E-state index in [1.165, 1.54) is 29.5 Å². The summed E-state index contributed by atoms with van der Waals surface area (Å²) in [6.07, 6.45) is 1.07. The Bertz CT molecular complexity index is 1130. The number of thiazole rings is 1. The fourth-order valence-corrected chi connectivity index (χ4v) is 3.12. The normalized spacial score (nSPS) is 10.3. The number of carbonyl (C=O) groups is 1. The fraction of sp³-hybridized carbons (Fsp3) is 0.125. The summed E-state index contributed by atoms with van der Waals surface area (Å²) in [4.78, 5) is 46.2. The van der Waals surface area contributed by atoms with Crippen LogP contribution in [0.15, 0.2) is 30.6 Å². The lowest BCUT2D eigenvalue weighted by Gasteiger charge is -2.10. The summed E-state index contributed by atoms with van der Waals surface area (Å²) in [5, 5.41) is 25.6. The second-order valence-electron chi connectivity index (χ2n) is 5.85. The Morgan fingerprint density at radius 3 is 2.47 bits per heavy atom. The van der Waals surface area contributed by atoms with Crippen molar-refractivity contribution < 1.29 is 14.6 Å². The van der Waals surface area contributed by atoms with E-state index in [4.69, 9.17) is 0 Å². The number of aryl methyl sites for hydroxylation is 2. The number of non-ortho nitro benzene ring substituents is 1. The number of hydrogen-bond donors (Lipinski definition) is 3. The summed E-state index contributed by atoms with van der Waals surface area (Å²) in [7, 11) is 0. The molecule has 0 spiro atoms. The molecule has 0 aliphatic rings. The minimum Gasteiger partial charge on any atom is -0.310 e. The predicted octanol–water partition coefficient (Wildman–Crippen LogP) is 2.87. The summed E-state index contributed by atoms with van der Waals surface area (Å²) < 4.78 is 0. The number of amides is 1. The van der Waals surface area contributed by atoms with E-state index in [-0.39, 0.29) is 22.9 Å². The van der Waals surface area contributed by atoms with Crippen molar-refractivity contribution in [3.8, 4) is 0 Å². The van der Waals surface area contributed by atoms with E-state index in [1.54, 1.807) is 0 Å². The first-order chi connectivity index (χ1) is 14.3. The molecule has 2 heterocycles. The number of rotatable bonds is 7. The molecular weight excluding hydrogens is 416 g/mol. The quantitative estimate of drug-likeness (QED) is 0.373.